The molecule has 0 bridgehead atoms. The lowest BCUT2D eigenvalue weighted by molar-refractivity contribution is -0.118. The van der Waals surface area contributed by atoms with E-state index >= 15 is 0 Å². The maximum Gasteiger partial charge on any atom is 0.266 e. The Balaban J connectivity index is 1.64. The van der Waals surface area contributed by atoms with Crippen LogP contribution in [0.3, 0.4) is 0 Å². The van der Waals surface area contributed by atoms with E-state index in [9.17, 15) is 18.0 Å². The molecule has 0 radical (unpaired) electrons. The van der Waals surface area contributed by atoms with Crippen LogP contribution in [0.25, 0.3) is 11.5 Å². The van der Waals surface area contributed by atoms with Gasteiger partial charge in [-0.25, -0.2) is 17.8 Å². The number of hydrogen-bond acceptors (Lipinski definition) is 6. The Kier molecular flexibility index (Phi) is 6.48. The molecule has 2 aromatic heterocycles. The molecule has 0 aliphatic rings. The lowest BCUT2D eigenvalue weighted by atomic mass is 10.2. The summed E-state index contributed by atoms with van der Waals surface area (Å²) in [5.41, 5.74) is 0.634. The topological polar surface area (TPSA) is 123 Å². The molecule has 3 rings (SSSR count). The summed E-state index contributed by atoms with van der Waals surface area (Å²) < 4.78 is 33.8. The number of sulfonamides is 1. The fraction of sp³-hybridized carbons (Fsp3) is 0.250. The average molecular weight is 430 g/mol. The number of hydrogen-bond donors (Lipinski definition) is 2. The first-order valence-corrected chi connectivity index (χ1v) is 10.8. The van der Waals surface area contributed by atoms with Gasteiger partial charge < -0.3 is 9.73 Å². The third kappa shape index (κ3) is 5.22. The van der Waals surface area contributed by atoms with E-state index in [4.69, 9.17) is 4.42 Å². The number of carbonyl (C=O) groups excluding carboxylic acids is 1. The molecule has 0 saturated carbocycles. The Morgan fingerprint density at radius 2 is 1.87 bits per heavy atom. The van der Waals surface area contributed by atoms with Gasteiger partial charge in [0, 0.05) is 24.2 Å². The molecule has 0 saturated heterocycles. The highest BCUT2D eigenvalue weighted by Crippen LogP contribution is 2.16. The Labute approximate surface area is 173 Å². The van der Waals surface area contributed by atoms with Gasteiger partial charge in [-0.3, -0.25) is 9.59 Å². The van der Waals surface area contributed by atoms with Crippen molar-refractivity contribution in [2.45, 2.75) is 25.3 Å². The molecule has 1 amide bonds. The summed E-state index contributed by atoms with van der Waals surface area (Å²) in [6.45, 7) is 3.56. The molecule has 30 heavy (non-hydrogen) atoms. The van der Waals surface area contributed by atoms with E-state index in [0.29, 0.717) is 17.1 Å². The summed E-state index contributed by atoms with van der Waals surface area (Å²) in [6.07, 6.45) is 1.50. The van der Waals surface area contributed by atoms with Crippen molar-refractivity contribution in [1.82, 2.24) is 14.5 Å². The van der Waals surface area contributed by atoms with Crippen molar-refractivity contribution in [3.63, 3.8) is 0 Å². The molecular weight excluding hydrogens is 408 g/mol. The number of anilines is 1. The number of furan rings is 1. The van der Waals surface area contributed by atoms with Crippen LogP contribution in [0.1, 0.15) is 13.8 Å². The van der Waals surface area contributed by atoms with Crippen LogP contribution < -0.4 is 15.6 Å². The molecule has 0 aliphatic carbocycles. The maximum absolute atomic E-state index is 12.5. The second kappa shape index (κ2) is 9.06. The van der Waals surface area contributed by atoms with Gasteiger partial charge in [0.25, 0.3) is 5.56 Å². The Hall–Kier alpha value is -3.24. The van der Waals surface area contributed by atoms with Gasteiger partial charge in [0.05, 0.1) is 17.7 Å². The zero-order valence-corrected chi connectivity index (χ0v) is 17.3. The van der Waals surface area contributed by atoms with Crippen LogP contribution in [0.5, 0.6) is 0 Å². The van der Waals surface area contributed by atoms with E-state index in [0.717, 1.165) is 0 Å². The van der Waals surface area contributed by atoms with Crippen molar-refractivity contribution in [2.75, 3.05) is 11.9 Å². The van der Waals surface area contributed by atoms with Crippen LogP contribution in [-0.2, 0) is 21.4 Å². The molecule has 1 aromatic carbocycles. The van der Waals surface area contributed by atoms with Gasteiger partial charge in [-0.2, -0.15) is 5.10 Å². The van der Waals surface area contributed by atoms with Crippen LogP contribution in [-0.4, -0.2) is 30.7 Å². The third-order valence-electron chi connectivity index (χ3n) is 4.21. The summed E-state index contributed by atoms with van der Waals surface area (Å²) >= 11 is 0. The van der Waals surface area contributed by atoms with E-state index < -0.39 is 10.0 Å². The third-order valence-corrected chi connectivity index (χ3v) is 5.69. The molecule has 0 aliphatic heterocycles. The zero-order chi connectivity index (χ0) is 21.7. The molecule has 2 heterocycles. The van der Waals surface area contributed by atoms with Crippen LogP contribution in [0.4, 0.5) is 5.69 Å². The molecule has 9 nitrogen and oxygen atoms in total. The van der Waals surface area contributed by atoms with Gasteiger partial charge >= 0.3 is 0 Å². The summed E-state index contributed by atoms with van der Waals surface area (Å²) in [4.78, 5) is 23.8. The van der Waals surface area contributed by atoms with Gasteiger partial charge in [0.2, 0.25) is 15.9 Å². The van der Waals surface area contributed by atoms with Crippen molar-refractivity contribution in [3.05, 3.63) is 65.1 Å². The van der Waals surface area contributed by atoms with Crippen LogP contribution in [0.2, 0.25) is 0 Å². The molecule has 10 heteroatoms. The van der Waals surface area contributed by atoms with Gasteiger partial charge in [0.15, 0.2) is 5.76 Å². The normalized spacial score (nSPS) is 11.6. The van der Waals surface area contributed by atoms with Crippen molar-refractivity contribution < 1.29 is 17.6 Å². The largest absolute Gasteiger partial charge is 0.463 e. The predicted molar refractivity (Wildman–Crippen MR) is 111 cm³/mol. The number of nitrogens with zero attached hydrogens (tertiary/aromatic N) is 2. The van der Waals surface area contributed by atoms with Gasteiger partial charge in [-0.05, 0) is 42.5 Å². The Morgan fingerprint density at radius 3 is 2.50 bits per heavy atom. The molecular formula is C20H22N4O5S. The minimum absolute atomic E-state index is 0.0251. The van der Waals surface area contributed by atoms with Gasteiger partial charge in [-0.15, -0.1) is 0 Å². The van der Waals surface area contributed by atoms with Crippen molar-refractivity contribution in [1.29, 1.82) is 0 Å². The van der Waals surface area contributed by atoms with E-state index in [-0.39, 0.29) is 35.4 Å². The van der Waals surface area contributed by atoms with Crippen LogP contribution in [0.15, 0.2) is 68.9 Å². The average Bonchev–Trinajstić information content (AvgIpc) is 3.24. The highest BCUT2D eigenvalue weighted by molar-refractivity contribution is 7.89. The Morgan fingerprint density at radius 1 is 1.13 bits per heavy atom. The molecule has 2 N–H and O–H groups in total. The molecule has 0 spiro atoms. The molecule has 3 aromatic rings. The van der Waals surface area contributed by atoms with E-state index in [1.54, 1.807) is 32.0 Å². The highest BCUT2D eigenvalue weighted by Gasteiger charge is 2.15. The Bertz CT molecular complexity index is 1170. The van der Waals surface area contributed by atoms with Crippen LogP contribution in [0, 0.1) is 5.92 Å². The lowest BCUT2D eigenvalue weighted by Crippen LogP contribution is -2.32. The lowest BCUT2D eigenvalue weighted by Gasteiger charge is -2.10. The number of amides is 1. The quantitative estimate of drug-likeness (QED) is 0.564. The maximum atomic E-state index is 12.5. The first kappa shape index (κ1) is 21.5. The standard InChI is InChI=1S/C20H22N4O5S/c1-14(2)20(26)22-15-5-7-16(8-6-15)30(27,28)21-11-12-24-19(25)10-9-17(23-24)18-4-3-13-29-18/h3-10,13-14,21H,11-12H2,1-2H3,(H,22,26). The summed E-state index contributed by atoms with van der Waals surface area (Å²) in [7, 11) is -3.78. The second-order valence-corrected chi connectivity index (χ2v) is 8.59. The van der Waals surface area contributed by atoms with Crippen molar-refractivity contribution in [2.24, 2.45) is 5.92 Å². The minimum Gasteiger partial charge on any atom is -0.463 e. The number of nitrogens with one attached hydrogen (secondary N) is 2. The SMILES string of the molecule is CC(C)C(=O)Nc1ccc(S(=O)(=O)NCCn2nc(-c3ccco3)ccc2=O)cc1. The fourth-order valence-electron chi connectivity index (χ4n) is 2.54. The van der Waals surface area contributed by atoms with E-state index in [2.05, 4.69) is 15.1 Å². The molecule has 0 fully saturated rings. The number of benzene rings is 1. The number of aromatic nitrogens is 2. The molecule has 0 unspecified atom stereocenters. The number of carbonyl (C=O) groups is 1. The second-order valence-electron chi connectivity index (χ2n) is 6.82. The summed E-state index contributed by atoms with van der Waals surface area (Å²) in [5.74, 6) is 0.172. The highest BCUT2D eigenvalue weighted by atomic mass is 32.2. The number of rotatable bonds is 8. The van der Waals surface area contributed by atoms with Gasteiger partial charge in [-0.1, -0.05) is 13.8 Å². The van der Waals surface area contributed by atoms with Crippen molar-refractivity contribution in [3.8, 4) is 11.5 Å². The van der Waals surface area contributed by atoms with Crippen molar-refractivity contribution >= 4 is 21.6 Å². The van der Waals surface area contributed by atoms with Gasteiger partial charge in [0.1, 0.15) is 5.69 Å². The van der Waals surface area contributed by atoms with E-state index in [1.807, 2.05) is 0 Å². The smallest absolute Gasteiger partial charge is 0.266 e. The monoisotopic (exact) mass is 430 g/mol. The molecule has 158 valence electrons. The summed E-state index contributed by atoms with van der Waals surface area (Å²) in [6, 6.07) is 12.2. The van der Waals surface area contributed by atoms with Crippen LogP contribution >= 0.6 is 0 Å². The minimum atomic E-state index is -3.78. The zero-order valence-electron chi connectivity index (χ0n) is 16.5. The fourth-order valence-corrected chi connectivity index (χ4v) is 3.56. The molecule has 0 atom stereocenters. The first-order valence-electron chi connectivity index (χ1n) is 9.29. The summed E-state index contributed by atoms with van der Waals surface area (Å²) in [5, 5.41) is 6.90. The predicted octanol–water partition coefficient (Wildman–Crippen LogP) is 2.08. The van der Waals surface area contributed by atoms with E-state index in [1.165, 1.54) is 41.3 Å². The first-order chi connectivity index (χ1) is 14.3.